The van der Waals surface area contributed by atoms with Crippen molar-refractivity contribution in [3.63, 3.8) is 0 Å². The molecule has 0 spiro atoms. The van der Waals surface area contributed by atoms with Gasteiger partial charge >= 0.3 is 0 Å². The maximum Gasteiger partial charge on any atom is 0.243 e. The van der Waals surface area contributed by atoms with Crippen molar-refractivity contribution in [1.82, 2.24) is 4.98 Å². The van der Waals surface area contributed by atoms with Crippen molar-refractivity contribution in [3.05, 3.63) is 36.2 Å². The molecule has 1 aromatic heterocycles. The third-order valence-corrected chi connectivity index (χ3v) is 3.17. The van der Waals surface area contributed by atoms with E-state index in [9.17, 15) is 4.79 Å². The lowest BCUT2D eigenvalue weighted by Gasteiger charge is -2.11. The van der Waals surface area contributed by atoms with Crippen LogP contribution in [-0.4, -0.2) is 30.6 Å². The molecule has 0 fully saturated rings. The number of rotatable bonds is 6. The molecular weight excluding hydrogens is 282 g/mol. The highest BCUT2D eigenvalue weighted by molar-refractivity contribution is 5.94. The molecule has 6 nitrogen and oxygen atoms in total. The highest BCUT2D eigenvalue weighted by Gasteiger charge is 2.13. The highest BCUT2D eigenvalue weighted by atomic mass is 16.5. The standard InChI is InChI=1S/C16H21N3O3/c1-10(2)14-8-18-16(22-14)11-4-6-12(7-5-11)19-15(20)13(17)9-21-3/h4-8,10,13H,9,17H2,1-3H3,(H,19,20). The number of nitrogens with two attached hydrogens (primary N) is 1. The van der Waals surface area contributed by atoms with Gasteiger partial charge in [0.25, 0.3) is 0 Å². The Morgan fingerprint density at radius 3 is 2.59 bits per heavy atom. The number of anilines is 1. The van der Waals surface area contributed by atoms with E-state index in [0.29, 0.717) is 17.5 Å². The zero-order chi connectivity index (χ0) is 16.1. The maximum absolute atomic E-state index is 11.8. The molecule has 22 heavy (non-hydrogen) atoms. The Morgan fingerprint density at radius 2 is 2.05 bits per heavy atom. The van der Waals surface area contributed by atoms with Gasteiger partial charge in [-0.1, -0.05) is 13.8 Å². The first-order valence-electron chi connectivity index (χ1n) is 7.12. The van der Waals surface area contributed by atoms with Gasteiger partial charge in [-0.2, -0.15) is 0 Å². The molecule has 118 valence electrons. The lowest BCUT2D eigenvalue weighted by atomic mass is 10.2. The molecule has 2 rings (SSSR count). The molecule has 0 saturated heterocycles. The van der Waals surface area contributed by atoms with Gasteiger partial charge < -0.3 is 20.2 Å². The van der Waals surface area contributed by atoms with Crippen LogP contribution >= 0.6 is 0 Å². The second-order valence-corrected chi connectivity index (χ2v) is 5.35. The van der Waals surface area contributed by atoms with Crippen molar-refractivity contribution in [1.29, 1.82) is 0 Å². The smallest absolute Gasteiger partial charge is 0.243 e. The molecular formula is C16H21N3O3. The van der Waals surface area contributed by atoms with E-state index < -0.39 is 6.04 Å². The zero-order valence-electron chi connectivity index (χ0n) is 13.0. The van der Waals surface area contributed by atoms with Gasteiger partial charge in [0.2, 0.25) is 11.8 Å². The summed E-state index contributed by atoms with van der Waals surface area (Å²) in [5.74, 6) is 1.42. The SMILES string of the molecule is COCC(N)C(=O)Nc1ccc(-c2ncc(C(C)C)o2)cc1. The van der Waals surface area contributed by atoms with Gasteiger partial charge in [0, 0.05) is 24.3 Å². The van der Waals surface area contributed by atoms with Crippen LogP contribution in [0.1, 0.15) is 25.5 Å². The number of hydrogen-bond acceptors (Lipinski definition) is 5. The van der Waals surface area contributed by atoms with Crippen LogP contribution in [0.25, 0.3) is 11.5 Å². The third-order valence-electron chi connectivity index (χ3n) is 3.17. The second kappa shape index (κ2) is 7.20. The highest BCUT2D eigenvalue weighted by Crippen LogP contribution is 2.24. The minimum atomic E-state index is -0.690. The Morgan fingerprint density at radius 1 is 1.36 bits per heavy atom. The number of ether oxygens (including phenoxy) is 1. The summed E-state index contributed by atoms with van der Waals surface area (Å²) in [5, 5.41) is 2.73. The zero-order valence-corrected chi connectivity index (χ0v) is 13.0. The Bertz CT molecular complexity index is 620. The summed E-state index contributed by atoms with van der Waals surface area (Å²) in [6, 6.07) is 6.56. The Kier molecular flexibility index (Phi) is 5.30. The lowest BCUT2D eigenvalue weighted by Crippen LogP contribution is -2.39. The van der Waals surface area contributed by atoms with Gasteiger partial charge in [-0.05, 0) is 24.3 Å². The molecule has 1 aromatic carbocycles. The van der Waals surface area contributed by atoms with Crippen LogP contribution < -0.4 is 11.1 Å². The average molecular weight is 303 g/mol. The van der Waals surface area contributed by atoms with Crippen LogP contribution in [0.5, 0.6) is 0 Å². The Hall–Kier alpha value is -2.18. The number of amides is 1. The van der Waals surface area contributed by atoms with Gasteiger partial charge in [0.1, 0.15) is 11.8 Å². The number of benzene rings is 1. The molecule has 0 radical (unpaired) electrons. The molecule has 2 aromatic rings. The van der Waals surface area contributed by atoms with E-state index in [2.05, 4.69) is 10.3 Å². The minimum Gasteiger partial charge on any atom is -0.441 e. The average Bonchev–Trinajstić information content (AvgIpc) is 2.98. The van der Waals surface area contributed by atoms with Crippen LogP contribution in [0, 0.1) is 0 Å². The number of carbonyl (C=O) groups is 1. The number of aromatic nitrogens is 1. The van der Waals surface area contributed by atoms with Crippen LogP contribution in [-0.2, 0) is 9.53 Å². The minimum absolute atomic E-state index is 0.179. The van der Waals surface area contributed by atoms with Crippen LogP contribution in [0.4, 0.5) is 5.69 Å². The number of oxazole rings is 1. The van der Waals surface area contributed by atoms with Gasteiger partial charge in [-0.15, -0.1) is 0 Å². The molecule has 1 amide bonds. The fraction of sp³-hybridized carbons (Fsp3) is 0.375. The Balaban J connectivity index is 2.05. The van der Waals surface area contributed by atoms with E-state index in [-0.39, 0.29) is 12.5 Å². The van der Waals surface area contributed by atoms with Crippen molar-refractivity contribution in [2.24, 2.45) is 5.73 Å². The first-order chi connectivity index (χ1) is 10.5. The molecule has 1 unspecified atom stereocenters. The number of hydrogen-bond donors (Lipinski definition) is 2. The molecule has 0 aliphatic carbocycles. The normalized spacial score (nSPS) is 12.4. The van der Waals surface area contributed by atoms with Crippen molar-refractivity contribution >= 4 is 11.6 Å². The van der Waals surface area contributed by atoms with E-state index >= 15 is 0 Å². The van der Waals surface area contributed by atoms with Gasteiger partial charge in [-0.3, -0.25) is 4.79 Å². The number of nitrogens with zero attached hydrogens (tertiary/aromatic N) is 1. The summed E-state index contributed by atoms with van der Waals surface area (Å²) < 4.78 is 10.5. The second-order valence-electron chi connectivity index (χ2n) is 5.35. The van der Waals surface area contributed by atoms with Crippen molar-refractivity contribution in [2.75, 3.05) is 19.0 Å². The monoisotopic (exact) mass is 303 g/mol. The lowest BCUT2D eigenvalue weighted by molar-refractivity contribution is -0.118. The summed E-state index contributed by atoms with van der Waals surface area (Å²) in [5.41, 5.74) is 7.18. The first kappa shape index (κ1) is 16.2. The summed E-state index contributed by atoms with van der Waals surface area (Å²) in [6.07, 6.45) is 1.74. The topological polar surface area (TPSA) is 90.4 Å². The fourth-order valence-corrected chi connectivity index (χ4v) is 1.87. The van der Waals surface area contributed by atoms with E-state index in [0.717, 1.165) is 11.3 Å². The maximum atomic E-state index is 11.8. The van der Waals surface area contributed by atoms with Crippen LogP contribution in [0.3, 0.4) is 0 Å². The predicted octanol–water partition coefficient (Wildman–Crippen LogP) is 2.38. The molecule has 0 saturated carbocycles. The number of nitrogens with one attached hydrogen (secondary N) is 1. The van der Waals surface area contributed by atoms with E-state index in [4.69, 9.17) is 14.9 Å². The van der Waals surface area contributed by atoms with E-state index in [1.165, 1.54) is 7.11 Å². The van der Waals surface area contributed by atoms with Crippen molar-refractivity contribution < 1.29 is 13.9 Å². The number of carbonyl (C=O) groups excluding carboxylic acids is 1. The molecule has 0 bridgehead atoms. The van der Waals surface area contributed by atoms with E-state index in [1.807, 2.05) is 26.0 Å². The largest absolute Gasteiger partial charge is 0.441 e. The summed E-state index contributed by atoms with van der Waals surface area (Å²) >= 11 is 0. The molecule has 1 atom stereocenters. The molecule has 0 aliphatic heterocycles. The molecule has 6 heteroatoms. The fourth-order valence-electron chi connectivity index (χ4n) is 1.87. The quantitative estimate of drug-likeness (QED) is 0.855. The Labute approximate surface area is 129 Å². The number of methoxy groups -OCH3 is 1. The van der Waals surface area contributed by atoms with Crippen molar-refractivity contribution in [3.8, 4) is 11.5 Å². The van der Waals surface area contributed by atoms with Gasteiger partial charge in [-0.25, -0.2) is 4.98 Å². The summed E-state index contributed by atoms with van der Waals surface area (Å²) in [4.78, 5) is 16.0. The first-order valence-corrected chi connectivity index (χ1v) is 7.12. The molecule has 0 aliphatic rings. The van der Waals surface area contributed by atoms with Gasteiger partial charge in [0.15, 0.2) is 0 Å². The van der Waals surface area contributed by atoms with E-state index in [1.54, 1.807) is 18.3 Å². The van der Waals surface area contributed by atoms with Crippen LogP contribution in [0.2, 0.25) is 0 Å². The predicted molar refractivity (Wildman–Crippen MR) is 84.5 cm³/mol. The van der Waals surface area contributed by atoms with Crippen LogP contribution in [0.15, 0.2) is 34.9 Å². The summed E-state index contributed by atoms with van der Waals surface area (Å²) in [7, 11) is 1.50. The van der Waals surface area contributed by atoms with Crippen molar-refractivity contribution in [2.45, 2.75) is 25.8 Å². The molecule has 1 heterocycles. The van der Waals surface area contributed by atoms with Gasteiger partial charge in [0.05, 0.1) is 12.8 Å². The third kappa shape index (κ3) is 3.93. The molecule has 3 N–H and O–H groups in total. The summed E-state index contributed by atoms with van der Waals surface area (Å²) in [6.45, 7) is 4.27.